The van der Waals surface area contributed by atoms with Gasteiger partial charge in [0.05, 0.1) is 11.0 Å². The van der Waals surface area contributed by atoms with Crippen LogP contribution in [-0.4, -0.2) is 25.3 Å². The summed E-state index contributed by atoms with van der Waals surface area (Å²) in [5.74, 6) is 0. The Labute approximate surface area is 118 Å². The maximum Gasteiger partial charge on any atom is 0.244 e. The zero-order chi connectivity index (χ0) is 14.2. The number of sulfonamides is 1. The van der Waals surface area contributed by atoms with Gasteiger partial charge in [0.2, 0.25) is 10.0 Å². The average Bonchev–Trinajstić information content (AvgIpc) is 2.96. The van der Waals surface area contributed by atoms with Crippen molar-refractivity contribution < 1.29 is 8.42 Å². The highest BCUT2D eigenvalue weighted by Gasteiger charge is 2.35. The monoisotopic (exact) mass is 286 g/mol. The van der Waals surface area contributed by atoms with Gasteiger partial charge >= 0.3 is 0 Å². The highest BCUT2D eigenvalue weighted by atomic mass is 32.2. The smallest absolute Gasteiger partial charge is 0.207 e. The van der Waals surface area contributed by atoms with E-state index in [4.69, 9.17) is 5.26 Å². The molecule has 1 aliphatic rings. The Morgan fingerprint density at radius 2 is 1.90 bits per heavy atom. The summed E-state index contributed by atoms with van der Waals surface area (Å²) in [6.45, 7) is 0.420. The van der Waals surface area contributed by atoms with Crippen LogP contribution in [0.15, 0.2) is 47.4 Å². The Bertz CT molecular complexity index is 788. The first kappa shape index (κ1) is 13.1. The van der Waals surface area contributed by atoms with Gasteiger partial charge in [0.1, 0.15) is 6.04 Å². The topological polar surface area (TPSA) is 61.2 Å². The molecule has 2 aromatic carbocycles. The number of hydrogen-bond donors (Lipinski definition) is 0. The molecule has 102 valence electrons. The van der Waals surface area contributed by atoms with Crippen LogP contribution < -0.4 is 0 Å². The Hall–Kier alpha value is -1.90. The van der Waals surface area contributed by atoms with Crippen LogP contribution in [0, 0.1) is 11.3 Å². The molecule has 0 aromatic heterocycles. The van der Waals surface area contributed by atoms with Crippen molar-refractivity contribution in [1.29, 1.82) is 5.26 Å². The molecule has 0 saturated carbocycles. The zero-order valence-corrected chi connectivity index (χ0v) is 11.7. The van der Waals surface area contributed by atoms with Gasteiger partial charge in [0, 0.05) is 11.9 Å². The van der Waals surface area contributed by atoms with Gasteiger partial charge in [0.25, 0.3) is 0 Å². The second kappa shape index (κ2) is 4.89. The molecule has 1 saturated heterocycles. The van der Waals surface area contributed by atoms with E-state index in [9.17, 15) is 8.42 Å². The highest BCUT2D eigenvalue weighted by Crippen LogP contribution is 2.30. The van der Waals surface area contributed by atoms with Crippen molar-refractivity contribution >= 4 is 20.8 Å². The van der Waals surface area contributed by atoms with Gasteiger partial charge in [-0.3, -0.25) is 0 Å². The predicted octanol–water partition coefficient (Wildman–Crippen LogP) is 2.52. The number of fused-ring (bicyclic) bond motifs is 1. The summed E-state index contributed by atoms with van der Waals surface area (Å²) in [5.41, 5.74) is 0. The van der Waals surface area contributed by atoms with Gasteiger partial charge in [-0.1, -0.05) is 36.4 Å². The third-order valence-electron chi connectivity index (χ3n) is 3.69. The van der Waals surface area contributed by atoms with Crippen LogP contribution >= 0.6 is 0 Å². The van der Waals surface area contributed by atoms with E-state index in [2.05, 4.69) is 6.07 Å². The van der Waals surface area contributed by atoms with E-state index < -0.39 is 16.1 Å². The van der Waals surface area contributed by atoms with E-state index in [1.807, 2.05) is 24.3 Å². The van der Waals surface area contributed by atoms with Crippen LogP contribution in [0.2, 0.25) is 0 Å². The Kier molecular flexibility index (Phi) is 3.20. The molecule has 1 fully saturated rings. The molecule has 0 amide bonds. The van der Waals surface area contributed by atoms with Crippen molar-refractivity contribution in [3.8, 4) is 6.07 Å². The number of hydrogen-bond acceptors (Lipinski definition) is 3. The van der Waals surface area contributed by atoms with Crippen LogP contribution in [0.4, 0.5) is 0 Å². The molecular formula is C15H14N2O2S. The average molecular weight is 286 g/mol. The van der Waals surface area contributed by atoms with E-state index >= 15 is 0 Å². The molecule has 0 spiro atoms. The van der Waals surface area contributed by atoms with Crippen LogP contribution in [0.1, 0.15) is 12.8 Å². The lowest BCUT2D eigenvalue weighted by atomic mass is 10.1. The van der Waals surface area contributed by atoms with Gasteiger partial charge in [-0.2, -0.15) is 9.57 Å². The van der Waals surface area contributed by atoms with E-state index in [0.29, 0.717) is 18.4 Å². The van der Waals surface area contributed by atoms with Crippen LogP contribution in [0.5, 0.6) is 0 Å². The van der Waals surface area contributed by atoms with E-state index in [1.165, 1.54) is 4.31 Å². The lowest BCUT2D eigenvalue weighted by Crippen LogP contribution is -2.34. The van der Waals surface area contributed by atoms with Crippen molar-refractivity contribution in [3.63, 3.8) is 0 Å². The van der Waals surface area contributed by atoms with Gasteiger partial charge in [-0.15, -0.1) is 0 Å². The van der Waals surface area contributed by atoms with Crippen molar-refractivity contribution in [3.05, 3.63) is 42.5 Å². The lowest BCUT2D eigenvalue weighted by molar-refractivity contribution is 0.438. The summed E-state index contributed by atoms with van der Waals surface area (Å²) in [4.78, 5) is 0.290. The summed E-state index contributed by atoms with van der Waals surface area (Å²) in [6, 6.07) is 14.2. The van der Waals surface area contributed by atoms with Crippen LogP contribution in [-0.2, 0) is 10.0 Å². The Morgan fingerprint density at radius 1 is 1.15 bits per heavy atom. The zero-order valence-electron chi connectivity index (χ0n) is 10.9. The van der Waals surface area contributed by atoms with Gasteiger partial charge in [-0.05, 0) is 24.3 Å². The van der Waals surface area contributed by atoms with E-state index in [1.54, 1.807) is 18.2 Å². The molecule has 5 heteroatoms. The molecule has 1 heterocycles. The summed E-state index contributed by atoms with van der Waals surface area (Å²) in [6.07, 6.45) is 1.35. The third kappa shape index (κ3) is 1.98. The molecule has 20 heavy (non-hydrogen) atoms. The summed E-state index contributed by atoms with van der Waals surface area (Å²) in [7, 11) is -3.62. The molecule has 0 radical (unpaired) electrons. The van der Waals surface area contributed by atoms with Crippen molar-refractivity contribution in [2.75, 3.05) is 6.54 Å². The molecule has 0 N–H and O–H groups in total. The first-order chi connectivity index (χ1) is 9.64. The minimum absolute atomic E-state index is 0.290. The number of benzene rings is 2. The highest BCUT2D eigenvalue weighted by molar-refractivity contribution is 7.89. The molecule has 1 unspecified atom stereocenters. The molecule has 2 aromatic rings. The fraction of sp³-hybridized carbons (Fsp3) is 0.267. The SMILES string of the molecule is N#CC1CCCN1S(=O)(=O)c1cccc2ccccc12. The minimum atomic E-state index is -3.62. The molecule has 3 rings (SSSR count). The fourth-order valence-corrected chi connectivity index (χ4v) is 4.53. The first-order valence-corrected chi connectivity index (χ1v) is 7.98. The Balaban J connectivity index is 2.18. The normalized spacial score (nSPS) is 20.1. The largest absolute Gasteiger partial charge is 0.244 e. The number of nitriles is 1. The van der Waals surface area contributed by atoms with E-state index in [0.717, 1.165) is 11.8 Å². The summed E-state index contributed by atoms with van der Waals surface area (Å²) in [5, 5.41) is 10.7. The molecular weight excluding hydrogens is 272 g/mol. The fourth-order valence-electron chi connectivity index (χ4n) is 2.70. The van der Waals surface area contributed by atoms with Crippen LogP contribution in [0.3, 0.4) is 0 Å². The Morgan fingerprint density at radius 3 is 2.70 bits per heavy atom. The van der Waals surface area contributed by atoms with Gasteiger partial charge in [0.15, 0.2) is 0 Å². The summed E-state index contributed by atoms with van der Waals surface area (Å²) < 4.78 is 26.9. The summed E-state index contributed by atoms with van der Waals surface area (Å²) >= 11 is 0. The van der Waals surface area contributed by atoms with Crippen molar-refractivity contribution in [1.82, 2.24) is 4.31 Å². The maximum absolute atomic E-state index is 12.8. The maximum atomic E-state index is 12.8. The number of nitrogens with zero attached hydrogens (tertiary/aromatic N) is 2. The molecule has 0 aliphatic carbocycles. The molecule has 1 aliphatic heterocycles. The standard InChI is InChI=1S/C15H14N2O2S/c16-11-13-7-4-10-17(13)20(18,19)15-9-3-6-12-5-1-2-8-14(12)15/h1-3,5-6,8-9,13H,4,7,10H2. The number of rotatable bonds is 2. The predicted molar refractivity (Wildman–Crippen MR) is 76.5 cm³/mol. The van der Waals surface area contributed by atoms with E-state index in [-0.39, 0.29) is 4.90 Å². The third-order valence-corrected chi connectivity index (χ3v) is 5.66. The molecule has 4 nitrogen and oxygen atoms in total. The first-order valence-electron chi connectivity index (χ1n) is 6.54. The second-order valence-electron chi connectivity index (χ2n) is 4.88. The van der Waals surface area contributed by atoms with Crippen molar-refractivity contribution in [2.24, 2.45) is 0 Å². The minimum Gasteiger partial charge on any atom is -0.207 e. The molecule has 1 atom stereocenters. The molecule has 0 bridgehead atoms. The van der Waals surface area contributed by atoms with Gasteiger partial charge < -0.3 is 0 Å². The van der Waals surface area contributed by atoms with Gasteiger partial charge in [-0.25, -0.2) is 8.42 Å². The van der Waals surface area contributed by atoms with Crippen LogP contribution in [0.25, 0.3) is 10.8 Å². The lowest BCUT2D eigenvalue weighted by Gasteiger charge is -2.20. The van der Waals surface area contributed by atoms with Crippen molar-refractivity contribution in [2.45, 2.75) is 23.8 Å². The quantitative estimate of drug-likeness (QED) is 0.852. The second-order valence-corrected chi connectivity index (χ2v) is 6.74.